The van der Waals surface area contributed by atoms with E-state index in [1.807, 2.05) is 6.08 Å². The van der Waals surface area contributed by atoms with E-state index in [9.17, 15) is 4.79 Å². The van der Waals surface area contributed by atoms with Crippen LogP contribution in [-0.4, -0.2) is 11.1 Å². The molecular weight excluding hydrogens is 140 g/mol. The topological polar surface area (TPSA) is 37.3 Å². The maximum Gasteiger partial charge on any atom is 0.307 e. The van der Waals surface area contributed by atoms with E-state index in [2.05, 4.69) is 13.8 Å². The lowest BCUT2D eigenvalue weighted by atomic mass is 10.1. The van der Waals surface area contributed by atoms with Crippen LogP contribution in [0.1, 0.15) is 33.1 Å². The Kier molecular flexibility index (Phi) is 5.53. The summed E-state index contributed by atoms with van der Waals surface area (Å²) in [5, 5.41) is 8.27. The molecule has 0 saturated heterocycles. The summed E-state index contributed by atoms with van der Waals surface area (Å²) in [6.07, 6.45) is 5.93. The highest BCUT2D eigenvalue weighted by Gasteiger charge is 1.91. The van der Waals surface area contributed by atoms with Crippen LogP contribution in [0, 0.1) is 5.92 Å². The van der Waals surface area contributed by atoms with Crippen molar-refractivity contribution in [2.75, 3.05) is 0 Å². The van der Waals surface area contributed by atoms with Crippen LogP contribution in [0.4, 0.5) is 0 Å². The molecule has 0 aromatic carbocycles. The molecule has 0 radical (unpaired) electrons. The Morgan fingerprint density at radius 1 is 1.45 bits per heavy atom. The monoisotopic (exact) mass is 156 g/mol. The molecule has 0 amide bonds. The molecule has 0 bridgehead atoms. The third-order valence-electron chi connectivity index (χ3n) is 1.37. The number of aliphatic carboxylic acids is 1. The highest BCUT2D eigenvalue weighted by molar-refractivity contribution is 5.68. The smallest absolute Gasteiger partial charge is 0.307 e. The zero-order valence-corrected chi connectivity index (χ0v) is 7.21. The maximum absolute atomic E-state index is 10.0. The van der Waals surface area contributed by atoms with Crippen molar-refractivity contribution in [2.24, 2.45) is 5.92 Å². The fourth-order valence-electron chi connectivity index (χ4n) is 0.732. The van der Waals surface area contributed by atoms with Crippen LogP contribution in [0.15, 0.2) is 12.2 Å². The van der Waals surface area contributed by atoms with Gasteiger partial charge in [0.25, 0.3) is 0 Å². The van der Waals surface area contributed by atoms with Gasteiger partial charge in [-0.3, -0.25) is 4.79 Å². The first-order valence-corrected chi connectivity index (χ1v) is 3.99. The second-order valence-corrected chi connectivity index (χ2v) is 3.04. The molecule has 0 aromatic rings. The molecule has 0 unspecified atom stereocenters. The van der Waals surface area contributed by atoms with Crippen LogP contribution in [0.3, 0.4) is 0 Å². The predicted octanol–water partition coefficient (Wildman–Crippen LogP) is 2.45. The van der Waals surface area contributed by atoms with Gasteiger partial charge in [-0.1, -0.05) is 26.0 Å². The Morgan fingerprint density at radius 3 is 2.55 bits per heavy atom. The number of rotatable bonds is 5. The van der Waals surface area contributed by atoms with E-state index in [-0.39, 0.29) is 6.42 Å². The van der Waals surface area contributed by atoms with Crippen molar-refractivity contribution in [1.82, 2.24) is 0 Å². The molecular formula is C9H16O2. The molecule has 0 atom stereocenters. The number of allylic oxidation sites excluding steroid dienone is 1. The number of carboxylic acids is 1. The van der Waals surface area contributed by atoms with Gasteiger partial charge in [0.1, 0.15) is 0 Å². The van der Waals surface area contributed by atoms with Gasteiger partial charge in [-0.05, 0) is 18.8 Å². The summed E-state index contributed by atoms with van der Waals surface area (Å²) >= 11 is 0. The number of hydrogen-bond donors (Lipinski definition) is 1. The van der Waals surface area contributed by atoms with Crippen molar-refractivity contribution in [1.29, 1.82) is 0 Å². The third-order valence-corrected chi connectivity index (χ3v) is 1.37. The van der Waals surface area contributed by atoms with Crippen molar-refractivity contribution >= 4 is 5.97 Å². The molecule has 0 fully saturated rings. The van der Waals surface area contributed by atoms with Gasteiger partial charge in [-0.15, -0.1) is 0 Å². The first-order valence-electron chi connectivity index (χ1n) is 3.99. The lowest BCUT2D eigenvalue weighted by molar-refractivity contribution is -0.136. The summed E-state index contributed by atoms with van der Waals surface area (Å²) in [6, 6.07) is 0. The van der Waals surface area contributed by atoms with E-state index < -0.39 is 5.97 Å². The van der Waals surface area contributed by atoms with Crippen molar-refractivity contribution in [3.63, 3.8) is 0 Å². The Hall–Kier alpha value is -0.790. The lowest BCUT2D eigenvalue weighted by Gasteiger charge is -1.98. The minimum absolute atomic E-state index is 0.151. The average molecular weight is 156 g/mol. The van der Waals surface area contributed by atoms with Crippen LogP contribution in [0.5, 0.6) is 0 Å². The van der Waals surface area contributed by atoms with E-state index in [0.29, 0.717) is 5.92 Å². The van der Waals surface area contributed by atoms with Crippen molar-refractivity contribution < 1.29 is 9.90 Å². The molecule has 0 heterocycles. The van der Waals surface area contributed by atoms with Crippen molar-refractivity contribution in [3.05, 3.63) is 12.2 Å². The largest absolute Gasteiger partial charge is 0.481 e. The third kappa shape index (κ3) is 9.21. The van der Waals surface area contributed by atoms with Gasteiger partial charge in [0.2, 0.25) is 0 Å². The second kappa shape index (κ2) is 5.96. The van der Waals surface area contributed by atoms with E-state index >= 15 is 0 Å². The highest BCUT2D eigenvalue weighted by atomic mass is 16.4. The summed E-state index contributed by atoms with van der Waals surface area (Å²) in [4.78, 5) is 10.0. The van der Waals surface area contributed by atoms with E-state index in [1.54, 1.807) is 6.08 Å². The van der Waals surface area contributed by atoms with Crippen molar-refractivity contribution in [3.8, 4) is 0 Å². The molecule has 0 saturated carbocycles. The molecule has 0 aliphatic rings. The number of carbonyl (C=O) groups is 1. The molecule has 1 N–H and O–H groups in total. The summed E-state index contributed by atoms with van der Waals surface area (Å²) in [5.74, 6) is -0.0599. The number of carboxylic acid groups (broad SMARTS) is 1. The first-order chi connectivity index (χ1) is 5.13. The van der Waals surface area contributed by atoms with Crippen LogP contribution >= 0.6 is 0 Å². The molecule has 0 aliphatic carbocycles. The molecule has 0 aliphatic heterocycles. The summed E-state index contributed by atoms with van der Waals surface area (Å²) in [5.41, 5.74) is 0. The molecule has 2 nitrogen and oxygen atoms in total. The van der Waals surface area contributed by atoms with E-state index in [0.717, 1.165) is 12.8 Å². The van der Waals surface area contributed by atoms with Crippen LogP contribution in [0.25, 0.3) is 0 Å². The van der Waals surface area contributed by atoms with Gasteiger partial charge < -0.3 is 5.11 Å². The van der Waals surface area contributed by atoms with Gasteiger partial charge in [-0.2, -0.15) is 0 Å². The molecule has 0 rings (SSSR count). The second-order valence-electron chi connectivity index (χ2n) is 3.04. The van der Waals surface area contributed by atoms with Crippen LogP contribution in [-0.2, 0) is 4.79 Å². The molecule has 0 aromatic heterocycles. The van der Waals surface area contributed by atoms with Crippen molar-refractivity contribution in [2.45, 2.75) is 33.1 Å². The molecule has 64 valence electrons. The van der Waals surface area contributed by atoms with Crippen LogP contribution < -0.4 is 0 Å². The lowest BCUT2D eigenvalue weighted by Crippen LogP contribution is -1.90. The van der Waals surface area contributed by atoms with Gasteiger partial charge in [-0.25, -0.2) is 0 Å². The Bertz CT molecular complexity index is 136. The summed E-state index contributed by atoms with van der Waals surface area (Å²) in [6.45, 7) is 4.32. The minimum atomic E-state index is -0.759. The average Bonchev–Trinajstić information content (AvgIpc) is 1.85. The van der Waals surface area contributed by atoms with Gasteiger partial charge in [0.05, 0.1) is 6.42 Å². The Morgan fingerprint density at radius 2 is 2.09 bits per heavy atom. The normalized spacial score (nSPS) is 11.2. The Balaban J connectivity index is 3.23. The zero-order valence-electron chi connectivity index (χ0n) is 7.21. The van der Waals surface area contributed by atoms with E-state index in [4.69, 9.17) is 5.11 Å². The number of hydrogen-bond acceptors (Lipinski definition) is 1. The molecule has 11 heavy (non-hydrogen) atoms. The maximum atomic E-state index is 10.0. The SMILES string of the molecule is CC(C)CC/C=C\CC(=O)O. The quantitative estimate of drug-likeness (QED) is 0.621. The predicted molar refractivity (Wildman–Crippen MR) is 45.5 cm³/mol. The van der Waals surface area contributed by atoms with Gasteiger partial charge in [0.15, 0.2) is 0 Å². The zero-order chi connectivity index (χ0) is 8.69. The standard InChI is InChI=1S/C9H16O2/c1-8(2)6-4-3-5-7-9(10)11/h3,5,8H,4,6-7H2,1-2H3,(H,10,11)/b5-3-. The van der Waals surface area contributed by atoms with Gasteiger partial charge in [0, 0.05) is 0 Å². The fraction of sp³-hybridized carbons (Fsp3) is 0.667. The van der Waals surface area contributed by atoms with Gasteiger partial charge >= 0.3 is 5.97 Å². The minimum Gasteiger partial charge on any atom is -0.481 e. The highest BCUT2D eigenvalue weighted by Crippen LogP contribution is 2.03. The fourth-order valence-corrected chi connectivity index (χ4v) is 0.732. The Labute approximate surface area is 67.9 Å². The van der Waals surface area contributed by atoms with E-state index in [1.165, 1.54) is 0 Å². The summed E-state index contributed by atoms with van der Waals surface area (Å²) in [7, 11) is 0. The van der Waals surface area contributed by atoms with Crippen LogP contribution in [0.2, 0.25) is 0 Å². The first kappa shape index (κ1) is 10.2. The molecule has 2 heteroatoms. The summed E-state index contributed by atoms with van der Waals surface area (Å²) < 4.78 is 0. The molecule has 0 spiro atoms.